The molecule has 0 radical (unpaired) electrons. The first kappa shape index (κ1) is 20.0. The number of hydrogen-bond acceptors (Lipinski definition) is 2. The quantitative estimate of drug-likeness (QED) is 0.616. The maximum atomic E-state index is 12.4. The van der Waals surface area contributed by atoms with Gasteiger partial charge in [-0.1, -0.05) is 55.5 Å². The monoisotopic (exact) mass is 371 g/mol. The minimum atomic E-state index is -0.209. The highest BCUT2D eigenvalue weighted by molar-refractivity contribution is 5.85. The van der Waals surface area contributed by atoms with Crippen LogP contribution in [0.25, 0.3) is 10.9 Å². The molecule has 5 heteroatoms. The number of hydrogen-bond donors (Lipinski definition) is 3. The maximum absolute atomic E-state index is 12.4. The lowest BCUT2D eigenvalue weighted by Crippen LogP contribution is -2.40. The van der Waals surface area contributed by atoms with Crippen molar-refractivity contribution in [3.63, 3.8) is 0 Å². The number of aromatic amines is 1. The van der Waals surface area contributed by atoms with Crippen LogP contribution in [0.3, 0.4) is 0 Å². The van der Waals surface area contributed by atoms with Crippen molar-refractivity contribution in [2.24, 2.45) is 11.7 Å². The van der Waals surface area contributed by atoms with E-state index in [4.69, 9.17) is 5.73 Å². The molecule has 3 atom stereocenters. The Hall–Kier alpha value is -2.30. The average molecular weight is 372 g/mol. The van der Waals surface area contributed by atoms with E-state index >= 15 is 0 Å². The molecule has 0 saturated heterocycles. The molecule has 2 aromatic carbocycles. The van der Waals surface area contributed by atoms with Gasteiger partial charge in [0.15, 0.2) is 0 Å². The third kappa shape index (κ3) is 4.26. The van der Waals surface area contributed by atoms with Gasteiger partial charge in [0.25, 0.3) is 0 Å². The summed E-state index contributed by atoms with van der Waals surface area (Å²) in [5.74, 6) is -0.128. The molecular weight excluding hydrogens is 346 g/mol. The first-order valence-electron chi connectivity index (χ1n) is 8.72. The van der Waals surface area contributed by atoms with Crippen LogP contribution in [0.2, 0.25) is 0 Å². The largest absolute Gasteiger partial charge is 0.361 e. The normalized spacial score (nSPS) is 14.3. The lowest BCUT2D eigenvalue weighted by Gasteiger charge is -2.21. The van der Waals surface area contributed by atoms with E-state index in [1.165, 1.54) is 16.5 Å². The van der Waals surface area contributed by atoms with Crippen LogP contribution in [0.5, 0.6) is 0 Å². The van der Waals surface area contributed by atoms with E-state index in [1.807, 2.05) is 50.4 Å². The van der Waals surface area contributed by atoms with Crippen LogP contribution in [-0.4, -0.2) is 23.5 Å². The van der Waals surface area contributed by atoms with Crippen molar-refractivity contribution in [1.82, 2.24) is 10.3 Å². The van der Waals surface area contributed by atoms with Crippen LogP contribution in [0.1, 0.15) is 30.9 Å². The van der Waals surface area contributed by atoms with Gasteiger partial charge in [0.1, 0.15) is 0 Å². The molecule has 26 heavy (non-hydrogen) atoms. The first-order chi connectivity index (χ1) is 12.1. The van der Waals surface area contributed by atoms with E-state index < -0.39 is 0 Å². The fourth-order valence-electron chi connectivity index (χ4n) is 3.08. The van der Waals surface area contributed by atoms with Crippen LogP contribution in [-0.2, 0) is 4.79 Å². The number of rotatable bonds is 6. The highest BCUT2D eigenvalue weighted by Gasteiger charge is 2.21. The molecule has 3 unspecified atom stereocenters. The Labute approximate surface area is 160 Å². The number of amides is 1. The van der Waals surface area contributed by atoms with Gasteiger partial charge in [0, 0.05) is 41.5 Å². The third-order valence-corrected chi connectivity index (χ3v) is 4.88. The van der Waals surface area contributed by atoms with Gasteiger partial charge in [0.05, 0.1) is 0 Å². The molecule has 3 rings (SSSR count). The predicted octanol–water partition coefficient (Wildman–Crippen LogP) is 3.82. The number of para-hydroxylation sites is 1. The molecule has 0 aliphatic heterocycles. The minimum absolute atomic E-state index is 0. The molecule has 3 aromatic rings. The molecule has 138 valence electrons. The zero-order valence-electron chi connectivity index (χ0n) is 15.1. The molecule has 0 aliphatic carbocycles. The summed E-state index contributed by atoms with van der Waals surface area (Å²) in [5.41, 5.74) is 9.33. The van der Waals surface area contributed by atoms with Crippen LogP contribution in [0.4, 0.5) is 0 Å². The van der Waals surface area contributed by atoms with Gasteiger partial charge in [-0.25, -0.2) is 0 Å². The number of aromatic nitrogens is 1. The summed E-state index contributed by atoms with van der Waals surface area (Å²) in [6.45, 7) is 4.27. The van der Waals surface area contributed by atoms with Crippen molar-refractivity contribution in [3.05, 3.63) is 71.9 Å². The van der Waals surface area contributed by atoms with E-state index in [2.05, 4.69) is 34.6 Å². The lowest BCUT2D eigenvalue weighted by molar-refractivity contribution is -0.124. The van der Waals surface area contributed by atoms with Crippen LogP contribution in [0.15, 0.2) is 60.8 Å². The van der Waals surface area contributed by atoms with E-state index in [1.54, 1.807) is 0 Å². The van der Waals surface area contributed by atoms with Gasteiger partial charge in [0.2, 0.25) is 5.91 Å². The number of benzene rings is 2. The van der Waals surface area contributed by atoms with Gasteiger partial charge in [-0.3, -0.25) is 4.79 Å². The van der Waals surface area contributed by atoms with Crippen LogP contribution >= 0.6 is 12.4 Å². The second kappa shape index (κ2) is 8.88. The number of nitrogens with one attached hydrogen (secondary N) is 2. The summed E-state index contributed by atoms with van der Waals surface area (Å²) in [6, 6.07) is 18.4. The molecule has 4 N–H and O–H groups in total. The van der Waals surface area contributed by atoms with Gasteiger partial charge in [-0.2, -0.15) is 0 Å². The van der Waals surface area contributed by atoms with Gasteiger partial charge in [-0.05, 0) is 24.1 Å². The molecule has 0 spiro atoms. The molecule has 1 amide bonds. The number of nitrogens with two attached hydrogens (primary N) is 1. The Morgan fingerprint density at radius 2 is 1.73 bits per heavy atom. The SMILES string of the molecule is CC(N)C(C)C(=O)NCC(c1ccccc1)c1c[nH]c2ccccc12.Cl. The van der Waals surface area contributed by atoms with E-state index in [9.17, 15) is 4.79 Å². The highest BCUT2D eigenvalue weighted by Crippen LogP contribution is 2.30. The molecular formula is C21H26ClN3O. The summed E-state index contributed by atoms with van der Waals surface area (Å²) < 4.78 is 0. The lowest BCUT2D eigenvalue weighted by atomic mass is 9.90. The number of carbonyl (C=O) groups excluding carboxylic acids is 1. The van der Waals surface area contributed by atoms with Crippen molar-refractivity contribution < 1.29 is 4.79 Å². The second-order valence-electron chi connectivity index (χ2n) is 6.65. The van der Waals surface area contributed by atoms with E-state index in [0.29, 0.717) is 6.54 Å². The molecule has 1 heterocycles. The number of H-pyrrole nitrogens is 1. The minimum Gasteiger partial charge on any atom is -0.361 e. The molecule has 0 fully saturated rings. The van der Waals surface area contributed by atoms with Gasteiger partial charge < -0.3 is 16.0 Å². The molecule has 0 aliphatic rings. The predicted molar refractivity (Wildman–Crippen MR) is 110 cm³/mol. The van der Waals surface area contributed by atoms with Crippen molar-refractivity contribution >= 4 is 29.2 Å². The summed E-state index contributed by atoms with van der Waals surface area (Å²) in [4.78, 5) is 15.7. The molecule has 0 saturated carbocycles. The highest BCUT2D eigenvalue weighted by atomic mass is 35.5. The summed E-state index contributed by atoms with van der Waals surface area (Å²) in [6.07, 6.45) is 2.05. The van der Waals surface area contributed by atoms with Gasteiger partial charge in [-0.15, -0.1) is 12.4 Å². The van der Waals surface area contributed by atoms with Crippen LogP contribution in [0, 0.1) is 5.92 Å². The Kier molecular flexibility index (Phi) is 6.83. The van der Waals surface area contributed by atoms with Crippen LogP contribution < -0.4 is 11.1 Å². The molecule has 4 nitrogen and oxygen atoms in total. The Balaban J connectivity index is 0.00000243. The Morgan fingerprint density at radius 1 is 1.08 bits per heavy atom. The average Bonchev–Trinajstić information content (AvgIpc) is 3.06. The summed E-state index contributed by atoms with van der Waals surface area (Å²) >= 11 is 0. The van der Waals surface area contributed by atoms with Crippen molar-refractivity contribution in [3.8, 4) is 0 Å². The molecule has 1 aromatic heterocycles. The first-order valence-corrected chi connectivity index (χ1v) is 8.72. The van der Waals surface area contributed by atoms with E-state index in [0.717, 1.165) is 5.52 Å². The molecule has 0 bridgehead atoms. The standard InChI is InChI=1S/C21H25N3O.ClH/c1-14(15(2)22)21(25)24-12-18(16-8-4-3-5-9-16)19-13-23-20-11-7-6-10-17(19)20;/h3-11,13-15,18,23H,12,22H2,1-2H3,(H,24,25);1H. The second-order valence-corrected chi connectivity index (χ2v) is 6.65. The number of halogens is 1. The van der Waals surface area contributed by atoms with Crippen molar-refractivity contribution in [2.45, 2.75) is 25.8 Å². The Morgan fingerprint density at radius 3 is 2.42 bits per heavy atom. The zero-order chi connectivity index (χ0) is 17.8. The topological polar surface area (TPSA) is 70.9 Å². The zero-order valence-corrected chi connectivity index (χ0v) is 15.9. The van der Waals surface area contributed by atoms with Crippen molar-refractivity contribution in [2.75, 3.05) is 6.54 Å². The Bertz CT molecular complexity index is 845. The smallest absolute Gasteiger partial charge is 0.224 e. The number of fused-ring (bicyclic) bond motifs is 1. The fourth-order valence-corrected chi connectivity index (χ4v) is 3.08. The fraction of sp³-hybridized carbons (Fsp3) is 0.286. The summed E-state index contributed by atoms with van der Waals surface area (Å²) in [5, 5.41) is 4.27. The van der Waals surface area contributed by atoms with Gasteiger partial charge >= 0.3 is 0 Å². The summed E-state index contributed by atoms with van der Waals surface area (Å²) in [7, 11) is 0. The van der Waals surface area contributed by atoms with Crippen molar-refractivity contribution in [1.29, 1.82) is 0 Å². The maximum Gasteiger partial charge on any atom is 0.224 e. The third-order valence-electron chi connectivity index (χ3n) is 4.88. The van der Waals surface area contributed by atoms with E-state index in [-0.39, 0.29) is 36.2 Å². The number of carbonyl (C=O) groups is 1.